The van der Waals surface area contributed by atoms with Crippen molar-refractivity contribution in [3.63, 3.8) is 0 Å². The Morgan fingerprint density at radius 3 is 2.68 bits per heavy atom. The summed E-state index contributed by atoms with van der Waals surface area (Å²) in [6, 6.07) is 12.3. The van der Waals surface area contributed by atoms with Gasteiger partial charge in [-0.25, -0.2) is 4.79 Å². The minimum absolute atomic E-state index is 0.0573. The molecular formula is C20H20N2O6. The summed E-state index contributed by atoms with van der Waals surface area (Å²) >= 11 is 0. The lowest BCUT2D eigenvalue weighted by molar-refractivity contribution is -0.384. The van der Waals surface area contributed by atoms with E-state index in [4.69, 9.17) is 9.47 Å². The fourth-order valence-corrected chi connectivity index (χ4v) is 2.24. The van der Waals surface area contributed by atoms with E-state index in [1.54, 1.807) is 24.3 Å². The zero-order chi connectivity index (χ0) is 20.4. The van der Waals surface area contributed by atoms with Crippen LogP contribution in [0.2, 0.25) is 0 Å². The van der Waals surface area contributed by atoms with Gasteiger partial charge >= 0.3 is 5.97 Å². The Kier molecular flexibility index (Phi) is 7.86. The van der Waals surface area contributed by atoms with Crippen LogP contribution in [0, 0.1) is 10.1 Å². The number of hydrogen-bond donors (Lipinski definition) is 1. The lowest BCUT2D eigenvalue weighted by Crippen LogP contribution is -2.12. The average Bonchev–Trinajstić information content (AvgIpc) is 2.70. The molecule has 0 saturated heterocycles. The van der Waals surface area contributed by atoms with Crippen molar-refractivity contribution < 1.29 is 24.0 Å². The summed E-state index contributed by atoms with van der Waals surface area (Å²) in [6.45, 7) is 2.86. The highest BCUT2D eigenvalue weighted by Crippen LogP contribution is 2.15. The van der Waals surface area contributed by atoms with Gasteiger partial charge in [-0.2, -0.15) is 0 Å². The van der Waals surface area contributed by atoms with Gasteiger partial charge in [0.25, 0.3) is 5.69 Å². The lowest BCUT2D eigenvalue weighted by atomic mass is 10.2. The second kappa shape index (κ2) is 10.6. The molecule has 0 saturated carbocycles. The predicted octanol–water partition coefficient (Wildman–Crippen LogP) is 3.44. The number of ether oxygens (including phenoxy) is 2. The first-order valence-corrected chi connectivity index (χ1v) is 8.58. The normalized spacial score (nSPS) is 10.6. The van der Waals surface area contributed by atoms with E-state index < -0.39 is 16.8 Å². The Balaban J connectivity index is 1.95. The summed E-state index contributed by atoms with van der Waals surface area (Å²) in [4.78, 5) is 34.3. The number of anilines is 1. The lowest BCUT2D eigenvalue weighted by Gasteiger charge is -2.07. The number of carbonyl (C=O) groups excluding carboxylic acids is 2. The number of benzene rings is 2. The molecular weight excluding hydrogens is 364 g/mol. The van der Waals surface area contributed by atoms with Gasteiger partial charge in [0.1, 0.15) is 6.61 Å². The third-order valence-electron chi connectivity index (χ3n) is 3.54. The molecule has 2 aromatic carbocycles. The van der Waals surface area contributed by atoms with E-state index in [0.717, 1.165) is 0 Å². The molecule has 8 nitrogen and oxygen atoms in total. The van der Waals surface area contributed by atoms with Crippen molar-refractivity contribution in [1.82, 2.24) is 0 Å². The van der Waals surface area contributed by atoms with Crippen molar-refractivity contribution in [2.45, 2.75) is 6.92 Å². The highest BCUT2D eigenvalue weighted by molar-refractivity contribution is 6.02. The number of nitro groups is 1. The van der Waals surface area contributed by atoms with E-state index >= 15 is 0 Å². The number of nitrogens with one attached hydrogen (secondary N) is 1. The molecule has 1 N–H and O–H groups in total. The van der Waals surface area contributed by atoms with Gasteiger partial charge in [-0.15, -0.1) is 0 Å². The fourth-order valence-electron chi connectivity index (χ4n) is 2.24. The van der Waals surface area contributed by atoms with Crippen molar-refractivity contribution >= 4 is 29.3 Å². The standard InChI is InChI=1S/C20H20N2O6/c1-2-27-11-12-28-20(24)16-6-4-7-17(14-16)21-19(23)10-9-15-5-3-8-18(13-15)22(25)26/h3-10,13-14H,2,11-12H2,1H3,(H,21,23)/b10-9+. The topological polar surface area (TPSA) is 108 Å². The molecule has 2 aromatic rings. The summed E-state index contributed by atoms with van der Waals surface area (Å²) in [7, 11) is 0. The van der Waals surface area contributed by atoms with Gasteiger partial charge in [-0.1, -0.05) is 18.2 Å². The minimum Gasteiger partial charge on any atom is -0.460 e. The monoisotopic (exact) mass is 384 g/mol. The Labute approximate surface area is 161 Å². The van der Waals surface area contributed by atoms with Gasteiger partial charge in [-0.3, -0.25) is 14.9 Å². The summed E-state index contributed by atoms with van der Waals surface area (Å²) in [6.07, 6.45) is 2.72. The molecule has 0 fully saturated rings. The first kappa shape index (κ1) is 20.8. The zero-order valence-electron chi connectivity index (χ0n) is 15.3. The number of non-ortho nitro benzene ring substituents is 1. The predicted molar refractivity (Wildman–Crippen MR) is 104 cm³/mol. The van der Waals surface area contributed by atoms with Crippen LogP contribution in [0.4, 0.5) is 11.4 Å². The molecule has 1 amide bonds. The van der Waals surface area contributed by atoms with E-state index in [1.807, 2.05) is 6.92 Å². The summed E-state index contributed by atoms with van der Waals surface area (Å²) in [5.41, 5.74) is 1.19. The van der Waals surface area contributed by atoms with Gasteiger partial charge in [0.2, 0.25) is 5.91 Å². The average molecular weight is 384 g/mol. The van der Waals surface area contributed by atoms with Crippen LogP contribution in [0.3, 0.4) is 0 Å². The van der Waals surface area contributed by atoms with Crippen LogP contribution in [-0.4, -0.2) is 36.6 Å². The Morgan fingerprint density at radius 2 is 1.93 bits per heavy atom. The smallest absolute Gasteiger partial charge is 0.338 e. The second-order valence-electron chi connectivity index (χ2n) is 5.59. The van der Waals surface area contributed by atoms with E-state index in [1.165, 1.54) is 36.4 Å². The van der Waals surface area contributed by atoms with Gasteiger partial charge < -0.3 is 14.8 Å². The van der Waals surface area contributed by atoms with E-state index in [2.05, 4.69) is 5.32 Å². The van der Waals surface area contributed by atoms with Gasteiger partial charge in [0.05, 0.1) is 17.1 Å². The van der Waals surface area contributed by atoms with Crippen molar-refractivity contribution in [3.8, 4) is 0 Å². The van der Waals surface area contributed by atoms with Crippen LogP contribution >= 0.6 is 0 Å². The molecule has 2 rings (SSSR count). The van der Waals surface area contributed by atoms with Crippen LogP contribution < -0.4 is 5.32 Å². The summed E-state index contributed by atoms with van der Waals surface area (Å²) < 4.78 is 10.2. The molecule has 0 aromatic heterocycles. The number of nitrogens with zero attached hydrogens (tertiary/aromatic N) is 1. The number of hydrogen-bond acceptors (Lipinski definition) is 6. The SMILES string of the molecule is CCOCCOC(=O)c1cccc(NC(=O)/C=C/c2cccc([N+](=O)[O-])c2)c1. The molecule has 0 unspecified atom stereocenters. The van der Waals surface area contributed by atoms with Gasteiger partial charge in [0, 0.05) is 30.5 Å². The zero-order valence-corrected chi connectivity index (χ0v) is 15.3. The largest absolute Gasteiger partial charge is 0.460 e. The third-order valence-corrected chi connectivity index (χ3v) is 3.54. The van der Waals surface area contributed by atoms with Gasteiger partial charge in [-0.05, 0) is 36.8 Å². The molecule has 0 heterocycles. The van der Waals surface area contributed by atoms with Crippen LogP contribution in [-0.2, 0) is 14.3 Å². The Hall–Kier alpha value is -3.52. The maximum absolute atomic E-state index is 12.1. The molecule has 0 atom stereocenters. The maximum atomic E-state index is 12.1. The van der Waals surface area contributed by atoms with Crippen molar-refractivity contribution in [1.29, 1.82) is 0 Å². The molecule has 28 heavy (non-hydrogen) atoms. The molecule has 0 aliphatic carbocycles. The van der Waals surface area contributed by atoms with E-state index in [0.29, 0.717) is 30.0 Å². The number of amides is 1. The summed E-state index contributed by atoms with van der Waals surface area (Å²) in [5, 5.41) is 13.4. The molecule has 8 heteroatoms. The molecule has 0 bridgehead atoms. The molecule has 0 aliphatic heterocycles. The van der Waals surface area contributed by atoms with Crippen LogP contribution in [0.5, 0.6) is 0 Å². The quantitative estimate of drug-likeness (QED) is 0.233. The number of rotatable bonds is 9. The van der Waals surface area contributed by atoms with Gasteiger partial charge in [0.15, 0.2) is 0 Å². The highest BCUT2D eigenvalue weighted by Gasteiger charge is 2.09. The Morgan fingerprint density at radius 1 is 1.14 bits per heavy atom. The molecule has 146 valence electrons. The van der Waals surface area contributed by atoms with Crippen LogP contribution in [0.1, 0.15) is 22.8 Å². The molecule has 0 aliphatic rings. The van der Waals surface area contributed by atoms with Crippen LogP contribution in [0.25, 0.3) is 6.08 Å². The first-order chi connectivity index (χ1) is 13.5. The summed E-state index contributed by atoms with van der Waals surface area (Å²) in [5.74, 6) is -0.948. The van der Waals surface area contributed by atoms with E-state index in [9.17, 15) is 19.7 Å². The van der Waals surface area contributed by atoms with Crippen molar-refractivity contribution in [3.05, 3.63) is 75.8 Å². The highest BCUT2D eigenvalue weighted by atomic mass is 16.6. The van der Waals surface area contributed by atoms with Crippen LogP contribution in [0.15, 0.2) is 54.6 Å². The second-order valence-corrected chi connectivity index (χ2v) is 5.59. The number of carbonyl (C=O) groups is 2. The minimum atomic E-state index is -0.511. The van der Waals surface area contributed by atoms with Crippen molar-refractivity contribution in [2.75, 3.05) is 25.1 Å². The fraction of sp³-hybridized carbons (Fsp3) is 0.200. The number of nitro benzene ring substituents is 1. The van der Waals surface area contributed by atoms with Crippen molar-refractivity contribution in [2.24, 2.45) is 0 Å². The third kappa shape index (κ3) is 6.65. The molecule has 0 radical (unpaired) electrons. The number of esters is 1. The first-order valence-electron chi connectivity index (χ1n) is 8.58. The van der Waals surface area contributed by atoms with E-state index in [-0.39, 0.29) is 12.3 Å². The maximum Gasteiger partial charge on any atom is 0.338 e. The Bertz CT molecular complexity index is 879. The molecule has 0 spiro atoms.